The van der Waals surface area contributed by atoms with Gasteiger partial charge in [-0.3, -0.25) is 14.9 Å². The van der Waals surface area contributed by atoms with Crippen molar-refractivity contribution in [3.05, 3.63) is 52.6 Å². The first kappa shape index (κ1) is 20.1. The van der Waals surface area contributed by atoms with E-state index in [1.54, 1.807) is 30.3 Å². The molecule has 1 amide bonds. The number of nitro benzene ring substituents is 1. The van der Waals surface area contributed by atoms with E-state index in [1.807, 2.05) is 0 Å². The molecular weight excluding hydrogens is 400 g/mol. The first-order valence-corrected chi connectivity index (χ1v) is 9.21. The molecule has 0 radical (unpaired) electrons. The maximum Gasteiger partial charge on any atom is 0.282 e. The highest BCUT2D eigenvalue weighted by atomic mass is 32.2. The number of carbonyl (C=O) groups excluding carboxylic acids is 1. The fraction of sp³-hybridized carbons (Fsp3) is 0.167. The van der Waals surface area contributed by atoms with Gasteiger partial charge in [0.2, 0.25) is 5.91 Å². The lowest BCUT2D eigenvalue weighted by atomic mass is 10.2. The Morgan fingerprint density at radius 3 is 2.52 bits per heavy atom. The lowest BCUT2D eigenvalue weighted by Crippen LogP contribution is -2.14. The Kier molecular flexibility index (Phi) is 6.29. The number of hydrogen-bond acceptors (Lipinski definition) is 9. The Morgan fingerprint density at radius 2 is 1.86 bits per heavy atom. The molecule has 0 bridgehead atoms. The van der Waals surface area contributed by atoms with Gasteiger partial charge in [0.05, 0.1) is 24.9 Å². The van der Waals surface area contributed by atoms with Gasteiger partial charge in [-0.1, -0.05) is 23.9 Å². The third-order valence-electron chi connectivity index (χ3n) is 3.70. The van der Waals surface area contributed by atoms with Crippen LogP contribution < -0.4 is 14.8 Å². The van der Waals surface area contributed by atoms with E-state index in [1.165, 1.54) is 26.4 Å². The third-order valence-corrected chi connectivity index (χ3v) is 4.52. The quantitative estimate of drug-likeness (QED) is 0.333. The van der Waals surface area contributed by atoms with Gasteiger partial charge in [0.1, 0.15) is 17.1 Å². The minimum Gasteiger partial charge on any atom is -0.497 e. The fourth-order valence-corrected chi connectivity index (χ4v) is 2.96. The Morgan fingerprint density at radius 1 is 1.17 bits per heavy atom. The standard InChI is InChI=1S/C18H16N4O6S/c1-26-12-7-11(8-13(9-12)27-2)19-16(23)10-29-18-21-20-17(28-18)14-5-3-4-6-15(14)22(24)25/h3-9H,10H2,1-2H3,(H,19,23). The fourth-order valence-electron chi connectivity index (χ4n) is 2.39. The normalized spacial score (nSPS) is 10.4. The molecule has 1 aromatic heterocycles. The molecule has 0 aliphatic rings. The predicted molar refractivity (Wildman–Crippen MR) is 105 cm³/mol. The van der Waals surface area contributed by atoms with Gasteiger partial charge in [0.25, 0.3) is 16.8 Å². The van der Waals surface area contributed by atoms with Gasteiger partial charge >= 0.3 is 0 Å². The molecule has 150 valence electrons. The minimum atomic E-state index is -0.526. The molecule has 0 saturated heterocycles. The summed E-state index contributed by atoms with van der Waals surface area (Å²) in [6, 6.07) is 11.0. The first-order valence-electron chi connectivity index (χ1n) is 8.23. The highest BCUT2D eigenvalue weighted by Gasteiger charge is 2.20. The zero-order valence-electron chi connectivity index (χ0n) is 15.4. The van der Waals surface area contributed by atoms with Crippen LogP contribution in [0.1, 0.15) is 0 Å². The molecule has 3 aromatic rings. The second-order valence-corrected chi connectivity index (χ2v) is 6.51. The molecule has 3 rings (SSSR count). The van der Waals surface area contributed by atoms with Gasteiger partial charge in [-0.05, 0) is 6.07 Å². The molecule has 1 heterocycles. The SMILES string of the molecule is COc1cc(NC(=O)CSc2nnc(-c3ccccc3[N+](=O)[O-])o2)cc(OC)c1. The molecule has 11 heteroatoms. The third kappa shape index (κ3) is 5.02. The van der Waals surface area contributed by atoms with Crippen LogP contribution in [-0.4, -0.2) is 41.0 Å². The lowest BCUT2D eigenvalue weighted by molar-refractivity contribution is -0.384. The van der Waals surface area contributed by atoms with Crippen LogP contribution >= 0.6 is 11.8 Å². The zero-order chi connectivity index (χ0) is 20.8. The van der Waals surface area contributed by atoms with Crippen LogP contribution in [0.25, 0.3) is 11.5 Å². The second-order valence-electron chi connectivity index (χ2n) is 5.59. The van der Waals surface area contributed by atoms with Crippen molar-refractivity contribution >= 4 is 29.0 Å². The molecule has 1 N–H and O–H groups in total. The number of hydrogen-bond donors (Lipinski definition) is 1. The molecule has 2 aromatic carbocycles. The molecule has 0 unspecified atom stereocenters. The van der Waals surface area contributed by atoms with Gasteiger partial charge in [0.15, 0.2) is 0 Å². The Bertz CT molecular complexity index is 1020. The van der Waals surface area contributed by atoms with E-state index < -0.39 is 4.92 Å². The summed E-state index contributed by atoms with van der Waals surface area (Å²) in [5.74, 6) is 0.781. The van der Waals surface area contributed by atoms with E-state index in [0.717, 1.165) is 11.8 Å². The molecule has 0 saturated carbocycles. The highest BCUT2D eigenvalue weighted by Crippen LogP contribution is 2.30. The highest BCUT2D eigenvalue weighted by molar-refractivity contribution is 7.99. The first-order chi connectivity index (χ1) is 14.0. The average Bonchev–Trinajstić information content (AvgIpc) is 3.20. The summed E-state index contributed by atoms with van der Waals surface area (Å²) in [7, 11) is 3.03. The van der Waals surface area contributed by atoms with E-state index in [0.29, 0.717) is 17.2 Å². The van der Waals surface area contributed by atoms with E-state index in [2.05, 4.69) is 15.5 Å². The van der Waals surface area contributed by atoms with Crippen molar-refractivity contribution in [1.29, 1.82) is 0 Å². The minimum absolute atomic E-state index is 0.00194. The van der Waals surface area contributed by atoms with Crippen molar-refractivity contribution in [2.24, 2.45) is 0 Å². The average molecular weight is 416 g/mol. The van der Waals surface area contributed by atoms with E-state index >= 15 is 0 Å². The molecule has 0 aliphatic heterocycles. The van der Waals surface area contributed by atoms with Crippen LogP contribution in [0.2, 0.25) is 0 Å². The molecule has 0 fully saturated rings. The van der Waals surface area contributed by atoms with Crippen LogP contribution in [0.5, 0.6) is 11.5 Å². The summed E-state index contributed by atoms with van der Waals surface area (Å²) in [6.45, 7) is 0. The van der Waals surface area contributed by atoms with Crippen molar-refractivity contribution in [1.82, 2.24) is 10.2 Å². The lowest BCUT2D eigenvalue weighted by Gasteiger charge is -2.09. The summed E-state index contributed by atoms with van der Waals surface area (Å²) >= 11 is 1.01. The number of rotatable bonds is 8. The number of nitrogens with one attached hydrogen (secondary N) is 1. The number of carbonyl (C=O) groups is 1. The Labute approximate surface area is 169 Å². The number of para-hydroxylation sites is 1. The monoisotopic (exact) mass is 416 g/mol. The van der Waals surface area contributed by atoms with Crippen LogP contribution in [0.4, 0.5) is 11.4 Å². The summed E-state index contributed by atoms with van der Waals surface area (Å²) in [6.07, 6.45) is 0. The van der Waals surface area contributed by atoms with Crippen molar-refractivity contribution in [2.45, 2.75) is 5.22 Å². The Hall–Kier alpha value is -3.60. The Balaban J connectivity index is 1.64. The number of anilines is 1. The topological polar surface area (TPSA) is 130 Å². The van der Waals surface area contributed by atoms with Gasteiger partial charge < -0.3 is 19.2 Å². The van der Waals surface area contributed by atoms with Gasteiger partial charge in [-0.2, -0.15) is 0 Å². The number of nitro groups is 1. The number of nitrogens with zero attached hydrogens (tertiary/aromatic N) is 3. The van der Waals surface area contributed by atoms with Crippen molar-refractivity contribution in [2.75, 3.05) is 25.3 Å². The summed E-state index contributed by atoms with van der Waals surface area (Å²) in [5, 5.41) is 21.6. The molecule has 29 heavy (non-hydrogen) atoms. The van der Waals surface area contributed by atoms with Crippen LogP contribution in [-0.2, 0) is 4.79 Å². The number of benzene rings is 2. The van der Waals surface area contributed by atoms with E-state index in [9.17, 15) is 14.9 Å². The van der Waals surface area contributed by atoms with Gasteiger partial charge in [0, 0.05) is 30.0 Å². The number of thioether (sulfide) groups is 1. The zero-order valence-corrected chi connectivity index (χ0v) is 16.3. The largest absolute Gasteiger partial charge is 0.497 e. The summed E-state index contributed by atoms with van der Waals surface area (Å²) in [5.41, 5.74) is 0.583. The molecular formula is C18H16N4O6S. The molecule has 10 nitrogen and oxygen atoms in total. The van der Waals surface area contributed by atoms with Crippen molar-refractivity contribution in [3.8, 4) is 23.0 Å². The number of amides is 1. The summed E-state index contributed by atoms with van der Waals surface area (Å²) in [4.78, 5) is 22.8. The number of methoxy groups -OCH3 is 2. The van der Waals surface area contributed by atoms with Crippen LogP contribution in [0.15, 0.2) is 52.1 Å². The molecule has 0 aliphatic carbocycles. The smallest absolute Gasteiger partial charge is 0.282 e. The predicted octanol–water partition coefficient (Wildman–Crippen LogP) is 3.39. The van der Waals surface area contributed by atoms with Crippen LogP contribution in [0.3, 0.4) is 0 Å². The van der Waals surface area contributed by atoms with Crippen LogP contribution in [0, 0.1) is 10.1 Å². The van der Waals surface area contributed by atoms with E-state index in [-0.39, 0.29) is 34.0 Å². The van der Waals surface area contributed by atoms with Crippen molar-refractivity contribution in [3.63, 3.8) is 0 Å². The molecule has 0 spiro atoms. The second kappa shape index (κ2) is 9.06. The number of aromatic nitrogens is 2. The maximum atomic E-state index is 12.2. The van der Waals surface area contributed by atoms with E-state index in [4.69, 9.17) is 13.9 Å². The summed E-state index contributed by atoms with van der Waals surface area (Å²) < 4.78 is 15.8. The maximum absolute atomic E-state index is 12.2. The van der Waals surface area contributed by atoms with Gasteiger partial charge in [-0.25, -0.2) is 0 Å². The van der Waals surface area contributed by atoms with Gasteiger partial charge in [-0.15, -0.1) is 10.2 Å². The molecule has 0 atom stereocenters. The van der Waals surface area contributed by atoms with Crippen molar-refractivity contribution < 1.29 is 23.6 Å². The number of ether oxygens (including phenoxy) is 2.